The molecule has 0 aliphatic carbocycles. The SMILES string of the molecule is CCC(NCCS(C)(=O)=O)c1cc(F)cc(Br)c1. The van der Waals surface area contributed by atoms with E-state index in [-0.39, 0.29) is 17.6 Å². The van der Waals surface area contributed by atoms with E-state index in [4.69, 9.17) is 0 Å². The summed E-state index contributed by atoms with van der Waals surface area (Å²) in [5.41, 5.74) is 0.817. The van der Waals surface area contributed by atoms with Crippen molar-refractivity contribution in [2.45, 2.75) is 19.4 Å². The highest BCUT2D eigenvalue weighted by atomic mass is 79.9. The molecule has 0 fully saturated rings. The second-order valence-electron chi connectivity index (χ2n) is 4.25. The number of nitrogens with one attached hydrogen (secondary N) is 1. The van der Waals surface area contributed by atoms with Crippen molar-refractivity contribution < 1.29 is 12.8 Å². The molecule has 1 aromatic rings. The first kappa shape index (κ1) is 15.6. The minimum absolute atomic E-state index is 0.0428. The molecule has 0 spiro atoms. The van der Waals surface area contributed by atoms with E-state index < -0.39 is 9.84 Å². The molecule has 0 radical (unpaired) electrons. The van der Waals surface area contributed by atoms with E-state index >= 15 is 0 Å². The molecule has 1 rings (SSSR count). The molecule has 6 heteroatoms. The molecule has 0 saturated carbocycles. The lowest BCUT2D eigenvalue weighted by atomic mass is 10.0. The minimum Gasteiger partial charge on any atom is -0.309 e. The highest BCUT2D eigenvalue weighted by Gasteiger charge is 2.11. The number of hydrogen-bond donors (Lipinski definition) is 1. The standard InChI is InChI=1S/C12H17BrFNO2S/c1-3-12(15-4-5-18(2,16)17)9-6-10(13)8-11(14)7-9/h6-8,12,15H,3-5H2,1-2H3. The topological polar surface area (TPSA) is 46.2 Å². The molecule has 0 aliphatic rings. The van der Waals surface area contributed by atoms with Crippen molar-refractivity contribution in [1.82, 2.24) is 5.32 Å². The quantitative estimate of drug-likeness (QED) is 0.867. The van der Waals surface area contributed by atoms with E-state index in [9.17, 15) is 12.8 Å². The Morgan fingerprint density at radius 1 is 1.39 bits per heavy atom. The maximum atomic E-state index is 13.3. The molecule has 1 N–H and O–H groups in total. The van der Waals surface area contributed by atoms with Gasteiger partial charge in [-0.05, 0) is 30.2 Å². The molecule has 0 aliphatic heterocycles. The summed E-state index contributed by atoms with van der Waals surface area (Å²) >= 11 is 3.25. The third-order valence-corrected chi connectivity index (χ3v) is 3.96. The van der Waals surface area contributed by atoms with Gasteiger partial charge in [0, 0.05) is 23.3 Å². The highest BCUT2D eigenvalue weighted by Crippen LogP contribution is 2.22. The summed E-state index contributed by atoms with van der Waals surface area (Å²) in [6.07, 6.45) is 1.97. The van der Waals surface area contributed by atoms with Gasteiger partial charge in [-0.25, -0.2) is 12.8 Å². The fourth-order valence-electron chi connectivity index (χ4n) is 1.69. The van der Waals surface area contributed by atoms with Crippen LogP contribution in [0.3, 0.4) is 0 Å². The maximum absolute atomic E-state index is 13.3. The monoisotopic (exact) mass is 337 g/mol. The molecule has 3 nitrogen and oxygen atoms in total. The highest BCUT2D eigenvalue weighted by molar-refractivity contribution is 9.10. The Morgan fingerprint density at radius 2 is 2.06 bits per heavy atom. The Kier molecular flexibility index (Phi) is 5.75. The molecule has 18 heavy (non-hydrogen) atoms. The van der Waals surface area contributed by atoms with Crippen LogP contribution in [0.1, 0.15) is 24.9 Å². The van der Waals surface area contributed by atoms with Crippen LogP contribution in [0, 0.1) is 5.82 Å². The Labute approximate surface area is 116 Å². The zero-order valence-corrected chi connectivity index (χ0v) is 12.8. The average molecular weight is 338 g/mol. The van der Waals surface area contributed by atoms with Crippen molar-refractivity contribution in [1.29, 1.82) is 0 Å². The van der Waals surface area contributed by atoms with E-state index in [1.54, 1.807) is 0 Å². The summed E-state index contributed by atoms with van der Waals surface area (Å²) in [4.78, 5) is 0. The van der Waals surface area contributed by atoms with Crippen LogP contribution in [0.25, 0.3) is 0 Å². The number of benzene rings is 1. The maximum Gasteiger partial charge on any atom is 0.148 e. The Bertz CT molecular complexity index is 485. The van der Waals surface area contributed by atoms with Crippen LogP contribution in [-0.4, -0.2) is 27.0 Å². The van der Waals surface area contributed by atoms with Gasteiger partial charge in [-0.3, -0.25) is 0 Å². The predicted molar refractivity (Wildman–Crippen MR) is 74.8 cm³/mol. The second kappa shape index (κ2) is 6.63. The normalized spacial score (nSPS) is 13.6. The molecule has 0 aromatic heterocycles. The summed E-state index contributed by atoms with van der Waals surface area (Å²) in [7, 11) is -2.97. The molecule has 1 aromatic carbocycles. The van der Waals surface area contributed by atoms with Gasteiger partial charge >= 0.3 is 0 Å². The van der Waals surface area contributed by atoms with Gasteiger partial charge in [-0.1, -0.05) is 22.9 Å². The molecular weight excluding hydrogens is 321 g/mol. The van der Waals surface area contributed by atoms with E-state index in [2.05, 4.69) is 21.2 Å². The van der Waals surface area contributed by atoms with Gasteiger partial charge in [0.25, 0.3) is 0 Å². The van der Waals surface area contributed by atoms with Crippen molar-refractivity contribution in [2.24, 2.45) is 0 Å². The minimum atomic E-state index is -2.97. The van der Waals surface area contributed by atoms with Crippen LogP contribution >= 0.6 is 15.9 Å². The van der Waals surface area contributed by atoms with Crippen molar-refractivity contribution in [2.75, 3.05) is 18.6 Å². The van der Waals surface area contributed by atoms with Gasteiger partial charge < -0.3 is 5.32 Å². The van der Waals surface area contributed by atoms with Gasteiger partial charge in [0.15, 0.2) is 0 Å². The van der Waals surface area contributed by atoms with Crippen molar-refractivity contribution >= 4 is 25.8 Å². The first-order valence-corrected chi connectivity index (χ1v) is 8.54. The summed E-state index contributed by atoms with van der Waals surface area (Å²) in [6.45, 7) is 2.34. The first-order chi connectivity index (χ1) is 8.31. The zero-order valence-electron chi connectivity index (χ0n) is 10.4. The number of rotatable bonds is 6. The largest absolute Gasteiger partial charge is 0.309 e. The number of hydrogen-bond acceptors (Lipinski definition) is 3. The van der Waals surface area contributed by atoms with E-state index in [0.29, 0.717) is 11.0 Å². The number of sulfone groups is 1. The summed E-state index contributed by atoms with van der Waals surface area (Å²) in [5, 5.41) is 3.13. The van der Waals surface area contributed by atoms with Crippen molar-refractivity contribution in [3.63, 3.8) is 0 Å². The van der Waals surface area contributed by atoms with Crippen LogP contribution in [0.4, 0.5) is 4.39 Å². The molecule has 0 amide bonds. The third kappa shape index (κ3) is 5.46. The van der Waals surface area contributed by atoms with Crippen molar-refractivity contribution in [3.8, 4) is 0 Å². The van der Waals surface area contributed by atoms with Crippen LogP contribution < -0.4 is 5.32 Å². The van der Waals surface area contributed by atoms with Crippen LogP contribution in [-0.2, 0) is 9.84 Å². The summed E-state index contributed by atoms with van der Waals surface area (Å²) in [6, 6.07) is 4.66. The van der Waals surface area contributed by atoms with Gasteiger partial charge in [0.1, 0.15) is 15.7 Å². The van der Waals surface area contributed by atoms with E-state index in [1.807, 2.05) is 13.0 Å². The Hall–Kier alpha value is -0.460. The summed E-state index contributed by atoms with van der Waals surface area (Å²) in [5.74, 6) is -0.220. The summed E-state index contributed by atoms with van der Waals surface area (Å²) < 4.78 is 36.0. The molecule has 0 bridgehead atoms. The van der Waals surface area contributed by atoms with Crippen LogP contribution in [0.5, 0.6) is 0 Å². The Morgan fingerprint density at radius 3 is 2.56 bits per heavy atom. The third-order valence-electron chi connectivity index (χ3n) is 2.56. The van der Waals surface area contributed by atoms with E-state index in [0.717, 1.165) is 12.0 Å². The van der Waals surface area contributed by atoms with Gasteiger partial charge in [-0.15, -0.1) is 0 Å². The molecule has 1 atom stereocenters. The van der Waals surface area contributed by atoms with Gasteiger partial charge in [0.05, 0.1) is 5.75 Å². The zero-order chi connectivity index (χ0) is 13.8. The lowest BCUT2D eigenvalue weighted by Crippen LogP contribution is -2.26. The molecule has 0 saturated heterocycles. The number of halogens is 2. The second-order valence-corrected chi connectivity index (χ2v) is 7.42. The lowest BCUT2D eigenvalue weighted by molar-refractivity contribution is 0.527. The average Bonchev–Trinajstić information content (AvgIpc) is 2.21. The van der Waals surface area contributed by atoms with Gasteiger partial charge in [-0.2, -0.15) is 0 Å². The predicted octanol–water partition coefficient (Wildman–Crippen LogP) is 2.67. The molecule has 1 unspecified atom stereocenters. The fraction of sp³-hybridized carbons (Fsp3) is 0.500. The van der Waals surface area contributed by atoms with Crippen molar-refractivity contribution in [3.05, 3.63) is 34.1 Å². The fourth-order valence-corrected chi connectivity index (χ4v) is 2.66. The lowest BCUT2D eigenvalue weighted by Gasteiger charge is -2.17. The van der Waals surface area contributed by atoms with Crippen LogP contribution in [0.2, 0.25) is 0 Å². The Balaban J connectivity index is 2.71. The first-order valence-electron chi connectivity index (χ1n) is 5.69. The van der Waals surface area contributed by atoms with Crippen LogP contribution in [0.15, 0.2) is 22.7 Å². The molecular formula is C12H17BrFNO2S. The van der Waals surface area contributed by atoms with E-state index in [1.165, 1.54) is 18.4 Å². The smallest absolute Gasteiger partial charge is 0.148 e. The molecule has 0 heterocycles. The molecule has 102 valence electrons. The van der Waals surface area contributed by atoms with Gasteiger partial charge in [0.2, 0.25) is 0 Å².